The third-order valence-corrected chi connectivity index (χ3v) is 2.11. The highest BCUT2D eigenvalue weighted by atomic mass is 16.1. The zero-order valence-electron chi connectivity index (χ0n) is 8.36. The molecule has 1 amide bonds. The van der Waals surface area contributed by atoms with E-state index in [4.69, 9.17) is 5.73 Å². The van der Waals surface area contributed by atoms with Gasteiger partial charge in [-0.25, -0.2) is 0 Å². The molecule has 0 radical (unpaired) electrons. The summed E-state index contributed by atoms with van der Waals surface area (Å²) in [4.78, 5) is 22.2. The van der Waals surface area contributed by atoms with Gasteiger partial charge in [0.15, 0.2) is 0 Å². The number of hydrogen-bond acceptors (Lipinski definition) is 2. The molecule has 4 heteroatoms. The molecule has 4 nitrogen and oxygen atoms in total. The van der Waals surface area contributed by atoms with Crippen LogP contribution in [-0.4, -0.2) is 10.5 Å². The number of primary amides is 1. The van der Waals surface area contributed by atoms with E-state index in [9.17, 15) is 9.59 Å². The predicted molar refractivity (Wildman–Crippen MR) is 53.8 cm³/mol. The van der Waals surface area contributed by atoms with Gasteiger partial charge in [-0.15, -0.1) is 0 Å². The van der Waals surface area contributed by atoms with E-state index in [1.165, 1.54) is 10.6 Å². The van der Waals surface area contributed by atoms with E-state index in [1.54, 1.807) is 13.1 Å². The maximum absolute atomic E-state index is 11.4. The highest BCUT2D eigenvalue weighted by molar-refractivity contribution is 5.76. The number of carbonyl (C=O) groups excluding carboxylic acids is 1. The topological polar surface area (TPSA) is 65.1 Å². The van der Waals surface area contributed by atoms with E-state index in [2.05, 4.69) is 0 Å². The van der Waals surface area contributed by atoms with Crippen LogP contribution in [0.5, 0.6) is 0 Å². The molecule has 0 bridgehead atoms. The molecule has 1 atom stereocenters. The van der Waals surface area contributed by atoms with E-state index in [0.29, 0.717) is 6.54 Å². The number of nitrogens with two attached hydrogens (primary N) is 1. The van der Waals surface area contributed by atoms with E-state index in [-0.39, 0.29) is 11.5 Å². The van der Waals surface area contributed by atoms with Crippen LogP contribution in [0, 0.1) is 12.8 Å². The van der Waals surface area contributed by atoms with Gasteiger partial charge in [0.2, 0.25) is 5.91 Å². The average molecular weight is 194 g/mol. The summed E-state index contributed by atoms with van der Waals surface area (Å²) in [7, 11) is 0. The molecule has 1 aromatic rings. The van der Waals surface area contributed by atoms with Crippen molar-refractivity contribution in [3.63, 3.8) is 0 Å². The van der Waals surface area contributed by atoms with Gasteiger partial charge in [-0.2, -0.15) is 0 Å². The number of nitrogens with zero attached hydrogens (tertiary/aromatic N) is 1. The standard InChI is InChI=1S/C10H14N2O2/c1-7-3-4-12(9(13)5-7)6-8(2)10(11)14/h3-5,8H,6H2,1-2H3,(H2,11,14). The monoisotopic (exact) mass is 194 g/mol. The molecule has 0 saturated heterocycles. The van der Waals surface area contributed by atoms with E-state index in [0.717, 1.165) is 5.56 Å². The molecule has 1 unspecified atom stereocenters. The van der Waals surface area contributed by atoms with Crippen LogP contribution in [0.1, 0.15) is 12.5 Å². The van der Waals surface area contributed by atoms with Crippen LogP contribution in [0.15, 0.2) is 23.1 Å². The van der Waals surface area contributed by atoms with Crippen molar-refractivity contribution < 1.29 is 4.79 Å². The van der Waals surface area contributed by atoms with Gasteiger partial charge in [0.25, 0.3) is 5.56 Å². The number of aryl methyl sites for hydroxylation is 1. The van der Waals surface area contributed by atoms with Crippen molar-refractivity contribution >= 4 is 5.91 Å². The number of pyridine rings is 1. The maximum Gasteiger partial charge on any atom is 0.250 e. The van der Waals surface area contributed by atoms with Crippen LogP contribution >= 0.6 is 0 Å². The minimum absolute atomic E-state index is 0.0990. The van der Waals surface area contributed by atoms with Crippen LogP contribution < -0.4 is 11.3 Å². The van der Waals surface area contributed by atoms with Gasteiger partial charge in [-0.3, -0.25) is 9.59 Å². The fourth-order valence-corrected chi connectivity index (χ4v) is 1.14. The van der Waals surface area contributed by atoms with Crippen molar-refractivity contribution in [1.82, 2.24) is 4.57 Å². The zero-order valence-corrected chi connectivity index (χ0v) is 8.36. The fourth-order valence-electron chi connectivity index (χ4n) is 1.14. The van der Waals surface area contributed by atoms with E-state index >= 15 is 0 Å². The predicted octanol–water partition coefficient (Wildman–Crippen LogP) is 0.278. The summed E-state index contributed by atoms with van der Waals surface area (Å²) in [5, 5.41) is 0. The van der Waals surface area contributed by atoms with E-state index < -0.39 is 5.91 Å². The van der Waals surface area contributed by atoms with Gasteiger partial charge < -0.3 is 10.3 Å². The third kappa shape index (κ3) is 2.45. The lowest BCUT2D eigenvalue weighted by molar-refractivity contribution is -0.121. The Balaban J connectivity index is 2.88. The Labute approximate surface area is 82.3 Å². The smallest absolute Gasteiger partial charge is 0.250 e. The summed E-state index contributed by atoms with van der Waals surface area (Å²) < 4.78 is 1.49. The fraction of sp³-hybridized carbons (Fsp3) is 0.400. The molecule has 1 aromatic heterocycles. The molecule has 0 saturated carbocycles. The lowest BCUT2D eigenvalue weighted by Gasteiger charge is -2.09. The third-order valence-electron chi connectivity index (χ3n) is 2.11. The second-order valence-electron chi connectivity index (χ2n) is 3.50. The molecule has 14 heavy (non-hydrogen) atoms. The van der Waals surface area contributed by atoms with Gasteiger partial charge in [0, 0.05) is 18.8 Å². The molecular formula is C10H14N2O2. The Morgan fingerprint density at radius 2 is 2.29 bits per heavy atom. The van der Waals surface area contributed by atoms with Crippen LogP contribution in [0.4, 0.5) is 0 Å². The van der Waals surface area contributed by atoms with E-state index in [1.807, 2.05) is 13.0 Å². The first-order chi connectivity index (χ1) is 6.50. The van der Waals surface area contributed by atoms with Crippen LogP contribution in [-0.2, 0) is 11.3 Å². The largest absolute Gasteiger partial charge is 0.369 e. The van der Waals surface area contributed by atoms with Gasteiger partial charge in [-0.05, 0) is 18.6 Å². The SMILES string of the molecule is Cc1ccn(CC(C)C(N)=O)c(=O)c1. The molecule has 1 rings (SSSR count). The molecule has 1 heterocycles. The van der Waals surface area contributed by atoms with Crippen LogP contribution in [0.2, 0.25) is 0 Å². The zero-order chi connectivity index (χ0) is 10.7. The van der Waals surface area contributed by atoms with Gasteiger partial charge in [0.1, 0.15) is 0 Å². The average Bonchev–Trinajstić information content (AvgIpc) is 2.09. The summed E-state index contributed by atoms with van der Waals surface area (Å²) in [5.74, 6) is -0.715. The molecule has 0 aliphatic heterocycles. The molecule has 76 valence electrons. The number of rotatable bonds is 3. The van der Waals surface area contributed by atoms with Gasteiger partial charge in [-0.1, -0.05) is 6.92 Å². The summed E-state index contributed by atoms with van der Waals surface area (Å²) in [6.07, 6.45) is 1.68. The molecule has 0 spiro atoms. The van der Waals surface area contributed by atoms with Crippen LogP contribution in [0.25, 0.3) is 0 Å². The Morgan fingerprint density at radius 1 is 1.64 bits per heavy atom. The molecule has 0 aliphatic rings. The minimum atomic E-state index is -0.391. The Bertz CT molecular complexity index is 395. The minimum Gasteiger partial charge on any atom is -0.369 e. The van der Waals surface area contributed by atoms with Crippen LogP contribution in [0.3, 0.4) is 0 Å². The van der Waals surface area contributed by atoms with Gasteiger partial charge in [0.05, 0.1) is 5.92 Å². The highest BCUT2D eigenvalue weighted by Crippen LogP contribution is 1.98. The highest BCUT2D eigenvalue weighted by Gasteiger charge is 2.09. The summed E-state index contributed by atoms with van der Waals surface area (Å²) in [5.41, 5.74) is 5.93. The Hall–Kier alpha value is -1.58. The maximum atomic E-state index is 11.4. The van der Waals surface area contributed by atoms with Crippen molar-refractivity contribution in [1.29, 1.82) is 0 Å². The Morgan fingerprint density at radius 3 is 2.79 bits per heavy atom. The molecule has 2 N–H and O–H groups in total. The normalized spacial score (nSPS) is 12.4. The number of hydrogen-bond donors (Lipinski definition) is 1. The number of aromatic nitrogens is 1. The number of carbonyl (C=O) groups is 1. The second-order valence-corrected chi connectivity index (χ2v) is 3.50. The van der Waals surface area contributed by atoms with Crippen molar-refractivity contribution in [3.8, 4) is 0 Å². The van der Waals surface area contributed by atoms with Crippen molar-refractivity contribution in [3.05, 3.63) is 34.2 Å². The summed E-state index contributed by atoms with van der Waals surface area (Å²) in [6.45, 7) is 3.90. The number of amides is 1. The van der Waals surface area contributed by atoms with Crippen molar-refractivity contribution in [2.45, 2.75) is 20.4 Å². The molecular weight excluding hydrogens is 180 g/mol. The first-order valence-electron chi connectivity index (χ1n) is 4.47. The lowest BCUT2D eigenvalue weighted by Crippen LogP contribution is -2.29. The molecule has 0 aliphatic carbocycles. The lowest BCUT2D eigenvalue weighted by atomic mass is 10.1. The first kappa shape index (κ1) is 10.5. The van der Waals surface area contributed by atoms with Crippen molar-refractivity contribution in [2.75, 3.05) is 0 Å². The summed E-state index contributed by atoms with van der Waals surface area (Å²) >= 11 is 0. The Kier molecular flexibility index (Phi) is 3.06. The molecule has 0 fully saturated rings. The van der Waals surface area contributed by atoms with Crippen molar-refractivity contribution in [2.24, 2.45) is 11.7 Å². The quantitative estimate of drug-likeness (QED) is 0.751. The molecule has 0 aromatic carbocycles. The van der Waals surface area contributed by atoms with Gasteiger partial charge >= 0.3 is 0 Å². The summed E-state index contributed by atoms with van der Waals surface area (Å²) in [6, 6.07) is 3.36. The second kappa shape index (κ2) is 4.09. The first-order valence-corrected chi connectivity index (χ1v) is 4.47.